The number of benzene rings is 1. The predicted molar refractivity (Wildman–Crippen MR) is 82.9 cm³/mol. The number of hydrogen-bond donors (Lipinski definition) is 1. The van der Waals surface area contributed by atoms with E-state index in [1.807, 2.05) is 0 Å². The number of likely N-dealkylation sites (N-methyl/N-ethyl adjacent to an activating group) is 1. The summed E-state index contributed by atoms with van der Waals surface area (Å²) < 4.78 is 5.12. The lowest BCUT2D eigenvalue weighted by Crippen LogP contribution is -2.23. The third kappa shape index (κ3) is 5.62. The van der Waals surface area contributed by atoms with Crippen LogP contribution < -0.4 is 10.2 Å². The lowest BCUT2D eigenvalue weighted by Gasteiger charge is -2.21. The molecule has 108 valence electrons. The molecule has 3 nitrogen and oxygen atoms in total. The Labute approximate surface area is 118 Å². The Balaban J connectivity index is 2.58. The fraction of sp³-hybridized carbons (Fsp3) is 0.625. The van der Waals surface area contributed by atoms with Crippen molar-refractivity contribution in [3.8, 4) is 0 Å². The highest BCUT2D eigenvalue weighted by Crippen LogP contribution is 2.20. The molecule has 0 atom stereocenters. The summed E-state index contributed by atoms with van der Waals surface area (Å²) in [6.07, 6.45) is 0. The summed E-state index contributed by atoms with van der Waals surface area (Å²) in [6.45, 7) is 10.3. The summed E-state index contributed by atoms with van der Waals surface area (Å²) in [5.74, 6) is 0.695. The van der Waals surface area contributed by atoms with Crippen LogP contribution in [0.5, 0.6) is 0 Å². The van der Waals surface area contributed by atoms with E-state index in [4.69, 9.17) is 4.74 Å². The molecule has 0 spiro atoms. The van der Waals surface area contributed by atoms with E-state index in [2.05, 4.69) is 56.2 Å². The third-order valence-corrected chi connectivity index (χ3v) is 3.18. The molecule has 0 amide bonds. The number of nitrogens with zero attached hydrogens (tertiary/aromatic N) is 1. The maximum absolute atomic E-state index is 5.12. The first kappa shape index (κ1) is 16.0. The number of aryl methyl sites for hydroxylation is 1. The van der Waals surface area contributed by atoms with Crippen LogP contribution in [0.2, 0.25) is 0 Å². The molecule has 0 saturated heterocycles. The second-order valence-corrected chi connectivity index (χ2v) is 5.56. The van der Waals surface area contributed by atoms with Gasteiger partial charge in [-0.1, -0.05) is 26.0 Å². The number of methoxy groups -OCH3 is 1. The average molecular weight is 264 g/mol. The normalized spacial score (nSPS) is 11.1. The molecule has 1 aromatic rings. The Kier molecular flexibility index (Phi) is 6.89. The Morgan fingerprint density at radius 2 is 2.05 bits per heavy atom. The molecule has 0 aliphatic heterocycles. The zero-order valence-electron chi connectivity index (χ0n) is 13.0. The number of nitrogens with one attached hydrogen (secondary N) is 1. The standard InChI is InChI=1S/C16H28N2O/c1-13(2)11-17-12-15-6-7-16(14(3)10-15)18(4)8-9-19-5/h6-7,10,13,17H,8-9,11-12H2,1-5H3. The van der Waals surface area contributed by atoms with E-state index in [-0.39, 0.29) is 0 Å². The van der Waals surface area contributed by atoms with Gasteiger partial charge in [0, 0.05) is 32.9 Å². The highest BCUT2D eigenvalue weighted by molar-refractivity contribution is 5.53. The molecule has 1 aromatic carbocycles. The highest BCUT2D eigenvalue weighted by Gasteiger charge is 2.05. The van der Waals surface area contributed by atoms with Gasteiger partial charge in [0.1, 0.15) is 0 Å². The summed E-state index contributed by atoms with van der Waals surface area (Å²) in [6, 6.07) is 6.68. The van der Waals surface area contributed by atoms with Crippen LogP contribution in [0.15, 0.2) is 18.2 Å². The zero-order valence-corrected chi connectivity index (χ0v) is 13.0. The molecule has 0 fully saturated rings. The molecule has 0 aliphatic carbocycles. The summed E-state index contributed by atoms with van der Waals surface area (Å²) in [4.78, 5) is 2.24. The van der Waals surface area contributed by atoms with Crippen LogP contribution >= 0.6 is 0 Å². The van der Waals surface area contributed by atoms with Gasteiger partial charge in [-0.05, 0) is 36.6 Å². The number of ether oxygens (including phenoxy) is 1. The predicted octanol–water partition coefficient (Wildman–Crippen LogP) is 2.82. The van der Waals surface area contributed by atoms with E-state index in [9.17, 15) is 0 Å². The molecular formula is C16H28N2O. The Morgan fingerprint density at radius 1 is 1.32 bits per heavy atom. The van der Waals surface area contributed by atoms with Crippen molar-refractivity contribution in [3.63, 3.8) is 0 Å². The van der Waals surface area contributed by atoms with Crippen LogP contribution in [0.1, 0.15) is 25.0 Å². The van der Waals surface area contributed by atoms with Gasteiger partial charge in [-0.25, -0.2) is 0 Å². The fourth-order valence-electron chi connectivity index (χ4n) is 2.11. The van der Waals surface area contributed by atoms with Crippen molar-refractivity contribution in [2.45, 2.75) is 27.3 Å². The summed E-state index contributed by atoms with van der Waals surface area (Å²) in [5, 5.41) is 3.48. The van der Waals surface area contributed by atoms with Crippen molar-refractivity contribution in [2.75, 3.05) is 38.8 Å². The summed E-state index contributed by atoms with van der Waals surface area (Å²) in [7, 11) is 3.85. The van der Waals surface area contributed by atoms with Gasteiger partial charge in [0.15, 0.2) is 0 Å². The number of hydrogen-bond acceptors (Lipinski definition) is 3. The molecule has 0 aliphatic rings. The lowest BCUT2D eigenvalue weighted by molar-refractivity contribution is 0.206. The van der Waals surface area contributed by atoms with Crippen LogP contribution in [-0.4, -0.2) is 33.9 Å². The molecule has 0 unspecified atom stereocenters. The van der Waals surface area contributed by atoms with Crippen LogP contribution in [0.4, 0.5) is 5.69 Å². The van der Waals surface area contributed by atoms with Gasteiger partial charge in [-0.3, -0.25) is 0 Å². The second-order valence-electron chi connectivity index (χ2n) is 5.56. The topological polar surface area (TPSA) is 24.5 Å². The molecule has 1 rings (SSSR count). The van der Waals surface area contributed by atoms with Crippen molar-refractivity contribution in [1.82, 2.24) is 5.32 Å². The van der Waals surface area contributed by atoms with Crippen LogP contribution in [-0.2, 0) is 11.3 Å². The van der Waals surface area contributed by atoms with E-state index in [0.717, 1.165) is 26.2 Å². The number of anilines is 1. The van der Waals surface area contributed by atoms with E-state index in [1.165, 1.54) is 16.8 Å². The van der Waals surface area contributed by atoms with Crippen LogP contribution in [0.3, 0.4) is 0 Å². The van der Waals surface area contributed by atoms with Crippen molar-refractivity contribution in [3.05, 3.63) is 29.3 Å². The van der Waals surface area contributed by atoms with Gasteiger partial charge < -0.3 is 15.0 Å². The molecular weight excluding hydrogens is 236 g/mol. The van der Waals surface area contributed by atoms with Crippen molar-refractivity contribution in [2.24, 2.45) is 5.92 Å². The Bertz CT molecular complexity index is 377. The first-order valence-electron chi connectivity index (χ1n) is 7.05. The smallest absolute Gasteiger partial charge is 0.0637 e. The minimum atomic E-state index is 0.695. The summed E-state index contributed by atoms with van der Waals surface area (Å²) >= 11 is 0. The molecule has 0 heterocycles. The van der Waals surface area contributed by atoms with E-state index in [0.29, 0.717) is 5.92 Å². The van der Waals surface area contributed by atoms with E-state index >= 15 is 0 Å². The van der Waals surface area contributed by atoms with Gasteiger partial charge >= 0.3 is 0 Å². The molecule has 19 heavy (non-hydrogen) atoms. The molecule has 0 saturated carbocycles. The quantitative estimate of drug-likeness (QED) is 0.781. The maximum Gasteiger partial charge on any atom is 0.0637 e. The van der Waals surface area contributed by atoms with Gasteiger partial charge in [0.05, 0.1) is 6.61 Å². The molecule has 0 bridgehead atoms. The van der Waals surface area contributed by atoms with Crippen LogP contribution in [0.25, 0.3) is 0 Å². The van der Waals surface area contributed by atoms with E-state index < -0.39 is 0 Å². The molecule has 0 radical (unpaired) electrons. The lowest BCUT2D eigenvalue weighted by atomic mass is 10.1. The molecule has 1 N–H and O–H groups in total. The van der Waals surface area contributed by atoms with Gasteiger partial charge in [0.25, 0.3) is 0 Å². The first-order valence-corrected chi connectivity index (χ1v) is 7.05. The monoisotopic (exact) mass is 264 g/mol. The van der Waals surface area contributed by atoms with Crippen molar-refractivity contribution < 1.29 is 4.74 Å². The largest absolute Gasteiger partial charge is 0.383 e. The zero-order chi connectivity index (χ0) is 14.3. The minimum Gasteiger partial charge on any atom is -0.383 e. The maximum atomic E-state index is 5.12. The van der Waals surface area contributed by atoms with Crippen molar-refractivity contribution in [1.29, 1.82) is 0 Å². The molecule has 3 heteroatoms. The van der Waals surface area contributed by atoms with Gasteiger partial charge in [0.2, 0.25) is 0 Å². The summed E-state index contributed by atoms with van der Waals surface area (Å²) in [5.41, 5.74) is 3.95. The SMILES string of the molecule is COCCN(C)c1ccc(CNCC(C)C)cc1C. The first-order chi connectivity index (χ1) is 9.04. The Hall–Kier alpha value is -1.06. The highest BCUT2D eigenvalue weighted by atomic mass is 16.5. The van der Waals surface area contributed by atoms with Gasteiger partial charge in [-0.15, -0.1) is 0 Å². The van der Waals surface area contributed by atoms with E-state index in [1.54, 1.807) is 7.11 Å². The molecule has 0 aromatic heterocycles. The number of rotatable bonds is 8. The van der Waals surface area contributed by atoms with Gasteiger partial charge in [-0.2, -0.15) is 0 Å². The minimum absolute atomic E-state index is 0.695. The second kappa shape index (κ2) is 8.18. The fourth-order valence-corrected chi connectivity index (χ4v) is 2.11. The van der Waals surface area contributed by atoms with Crippen molar-refractivity contribution >= 4 is 5.69 Å². The van der Waals surface area contributed by atoms with Crippen LogP contribution in [0, 0.1) is 12.8 Å². The third-order valence-electron chi connectivity index (χ3n) is 3.18. The average Bonchev–Trinajstić information content (AvgIpc) is 2.35. The Morgan fingerprint density at radius 3 is 2.63 bits per heavy atom.